The first kappa shape index (κ1) is 19.4. The van der Waals surface area contributed by atoms with Gasteiger partial charge in [-0.2, -0.15) is 0 Å². The summed E-state index contributed by atoms with van der Waals surface area (Å²) in [4.78, 5) is 28.9. The van der Waals surface area contributed by atoms with E-state index in [0.717, 1.165) is 10.9 Å². The molecule has 0 spiro atoms. The van der Waals surface area contributed by atoms with E-state index >= 15 is 0 Å². The number of fused-ring (bicyclic) bond motifs is 2. The molecule has 2 aromatic heterocycles. The predicted octanol–water partition coefficient (Wildman–Crippen LogP) is 4.91. The molecule has 0 saturated carbocycles. The molecular formula is C24H19NO5. The Kier molecular flexibility index (Phi) is 5.57. The minimum atomic E-state index is -0.587. The molecule has 4 rings (SSSR count). The summed E-state index contributed by atoms with van der Waals surface area (Å²) in [5.41, 5.74) is 2.50. The first-order valence-electron chi connectivity index (χ1n) is 9.54. The Morgan fingerprint density at radius 1 is 1.00 bits per heavy atom. The minimum Gasteiger partial charge on any atom is -0.460 e. The molecule has 0 saturated heterocycles. The van der Waals surface area contributed by atoms with Crippen LogP contribution in [-0.2, 0) is 20.9 Å². The zero-order chi connectivity index (χ0) is 20.9. The summed E-state index contributed by atoms with van der Waals surface area (Å²) < 4.78 is 16.0. The average Bonchev–Trinajstić information content (AvgIpc) is 3.15. The van der Waals surface area contributed by atoms with Crippen LogP contribution in [-0.4, -0.2) is 23.5 Å². The fourth-order valence-corrected chi connectivity index (χ4v) is 3.12. The van der Waals surface area contributed by atoms with Crippen LogP contribution in [0.4, 0.5) is 0 Å². The molecule has 6 nitrogen and oxygen atoms in total. The number of benzene rings is 2. The lowest BCUT2D eigenvalue weighted by Gasteiger charge is -2.04. The molecule has 2 aromatic carbocycles. The van der Waals surface area contributed by atoms with E-state index in [-0.39, 0.29) is 19.0 Å². The van der Waals surface area contributed by atoms with Crippen molar-refractivity contribution < 1.29 is 23.5 Å². The van der Waals surface area contributed by atoms with E-state index in [9.17, 15) is 9.59 Å². The number of nitrogens with zero attached hydrogens (tertiary/aromatic N) is 1. The number of esters is 2. The second-order valence-electron chi connectivity index (χ2n) is 6.50. The molecule has 0 fully saturated rings. The van der Waals surface area contributed by atoms with Crippen LogP contribution in [0, 0.1) is 0 Å². The molecule has 0 aliphatic rings. The SMILES string of the molecule is CCOC(=O)c1oc2ccccc2c1COC(=O)/C=C/c1ccc2ccccc2n1. The second-order valence-corrected chi connectivity index (χ2v) is 6.50. The van der Waals surface area contributed by atoms with Crippen LogP contribution in [0.15, 0.2) is 71.2 Å². The molecule has 0 amide bonds. The molecule has 30 heavy (non-hydrogen) atoms. The normalized spacial score (nSPS) is 11.2. The number of furan rings is 1. The maximum absolute atomic E-state index is 12.2. The molecule has 4 aromatic rings. The summed E-state index contributed by atoms with van der Waals surface area (Å²) in [6.07, 6.45) is 2.90. The number of carbonyl (C=O) groups is 2. The van der Waals surface area contributed by atoms with Gasteiger partial charge in [0.1, 0.15) is 12.2 Å². The van der Waals surface area contributed by atoms with Gasteiger partial charge in [0.15, 0.2) is 0 Å². The van der Waals surface area contributed by atoms with E-state index < -0.39 is 11.9 Å². The fraction of sp³-hybridized carbons (Fsp3) is 0.125. The maximum atomic E-state index is 12.2. The van der Waals surface area contributed by atoms with Gasteiger partial charge in [0.2, 0.25) is 5.76 Å². The van der Waals surface area contributed by atoms with Gasteiger partial charge >= 0.3 is 11.9 Å². The van der Waals surface area contributed by atoms with Crippen molar-refractivity contribution in [3.63, 3.8) is 0 Å². The van der Waals surface area contributed by atoms with Crippen LogP contribution in [0.3, 0.4) is 0 Å². The Balaban J connectivity index is 1.50. The van der Waals surface area contributed by atoms with Gasteiger partial charge in [-0.1, -0.05) is 42.5 Å². The number of aromatic nitrogens is 1. The zero-order valence-corrected chi connectivity index (χ0v) is 16.3. The van der Waals surface area contributed by atoms with Crippen LogP contribution in [0.2, 0.25) is 0 Å². The van der Waals surface area contributed by atoms with Crippen LogP contribution in [0.1, 0.15) is 28.7 Å². The van der Waals surface area contributed by atoms with E-state index in [1.54, 1.807) is 31.2 Å². The van der Waals surface area contributed by atoms with Gasteiger partial charge in [-0.15, -0.1) is 0 Å². The molecule has 2 heterocycles. The van der Waals surface area contributed by atoms with Crippen molar-refractivity contribution in [1.82, 2.24) is 4.98 Å². The summed E-state index contributed by atoms with van der Waals surface area (Å²) >= 11 is 0. The molecule has 0 bridgehead atoms. The van der Waals surface area contributed by atoms with Gasteiger partial charge in [-0.05, 0) is 31.2 Å². The third-order valence-electron chi connectivity index (χ3n) is 4.53. The van der Waals surface area contributed by atoms with Gasteiger partial charge in [-0.3, -0.25) is 0 Å². The molecule has 6 heteroatoms. The number of hydrogen-bond acceptors (Lipinski definition) is 6. The van der Waals surface area contributed by atoms with Crippen LogP contribution < -0.4 is 0 Å². The Bertz CT molecular complexity index is 1250. The van der Waals surface area contributed by atoms with Crippen molar-refractivity contribution in [2.24, 2.45) is 0 Å². The summed E-state index contributed by atoms with van der Waals surface area (Å²) in [6.45, 7) is 1.82. The third kappa shape index (κ3) is 4.07. The first-order valence-corrected chi connectivity index (χ1v) is 9.54. The lowest BCUT2D eigenvalue weighted by molar-refractivity contribution is -0.138. The van der Waals surface area contributed by atoms with Crippen LogP contribution in [0.25, 0.3) is 27.9 Å². The molecule has 0 radical (unpaired) electrons. The summed E-state index contributed by atoms with van der Waals surface area (Å²) in [7, 11) is 0. The zero-order valence-electron chi connectivity index (χ0n) is 16.3. The second kappa shape index (κ2) is 8.61. The average molecular weight is 401 g/mol. The molecule has 0 unspecified atom stereocenters. The van der Waals surface area contributed by atoms with E-state index in [1.165, 1.54) is 6.08 Å². The van der Waals surface area contributed by atoms with Crippen molar-refractivity contribution in [1.29, 1.82) is 0 Å². The minimum absolute atomic E-state index is 0.0472. The van der Waals surface area contributed by atoms with Gasteiger partial charge in [0.25, 0.3) is 0 Å². The smallest absolute Gasteiger partial charge is 0.374 e. The highest BCUT2D eigenvalue weighted by Crippen LogP contribution is 2.27. The van der Waals surface area contributed by atoms with Crippen molar-refractivity contribution in [3.8, 4) is 0 Å². The Morgan fingerprint density at radius 3 is 2.67 bits per heavy atom. The van der Waals surface area contributed by atoms with Crippen molar-refractivity contribution in [3.05, 3.63) is 83.8 Å². The summed E-state index contributed by atoms with van der Waals surface area (Å²) in [6, 6.07) is 18.7. The number of hydrogen-bond donors (Lipinski definition) is 0. The standard InChI is InChI=1S/C24H19NO5/c1-2-28-24(27)23-19(18-8-4-6-10-21(18)30-23)15-29-22(26)14-13-17-12-11-16-7-3-5-9-20(16)25-17/h3-14H,2,15H2,1H3/b14-13+. The van der Waals surface area contributed by atoms with E-state index in [2.05, 4.69) is 4.98 Å². The number of ether oxygens (including phenoxy) is 2. The van der Waals surface area contributed by atoms with Gasteiger partial charge in [0.05, 0.1) is 23.4 Å². The Labute approximate surface area is 172 Å². The lowest BCUT2D eigenvalue weighted by atomic mass is 10.1. The number of pyridine rings is 1. The topological polar surface area (TPSA) is 78.6 Å². The largest absolute Gasteiger partial charge is 0.460 e. The van der Waals surface area contributed by atoms with E-state index in [1.807, 2.05) is 42.5 Å². The molecule has 0 N–H and O–H groups in total. The monoisotopic (exact) mass is 401 g/mol. The van der Waals surface area contributed by atoms with Crippen LogP contribution in [0.5, 0.6) is 0 Å². The highest BCUT2D eigenvalue weighted by atomic mass is 16.5. The Morgan fingerprint density at radius 2 is 1.80 bits per heavy atom. The quantitative estimate of drug-likeness (QED) is 0.337. The first-order chi connectivity index (χ1) is 14.7. The summed E-state index contributed by atoms with van der Waals surface area (Å²) in [5.74, 6) is -1.09. The summed E-state index contributed by atoms with van der Waals surface area (Å²) in [5, 5.41) is 1.73. The van der Waals surface area contributed by atoms with Gasteiger partial charge in [-0.25, -0.2) is 14.6 Å². The number of rotatable bonds is 6. The molecule has 0 aliphatic heterocycles. The van der Waals surface area contributed by atoms with Crippen molar-refractivity contribution in [2.75, 3.05) is 6.61 Å². The van der Waals surface area contributed by atoms with E-state index in [0.29, 0.717) is 22.2 Å². The molecule has 150 valence electrons. The highest BCUT2D eigenvalue weighted by molar-refractivity contribution is 5.96. The predicted molar refractivity (Wildman–Crippen MR) is 113 cm³/mol. The molecule has 0 atom stereocenters. The van der Waals surface area contributed by atoms with Crippen molar-refractivity contribution >= 4 is 39.9 Å². The maximum Gasteiger partial charge on any atom is 0.374 e. The Hall–Kier alpha value is -3.93. The van der Waals surface area contributed by atoms with Gasteiger partial charge < -0.3 is 13.9 Å². The number of carbonyl (C=O) groups excluding carboxylic acids is 2. The molecule has 0 aliphatic carbocycles. The van der Waals surface area contributed by atoms with Crippen molar-refractivity contribution in [2.45, 2.75) is 13.5 Å². The van der Waals surface area contributed by atoms with E-state index in [4.69, 9.17) is 13.9 Å². The lowest BCUT2D eigenvalue weighted by Crippen LogP contribution is -2.08. The third-order valence-corrected chi connectivity index (χ3v) is 4.53. The fourth-order valence-electron chi connectivity index (χ4n) is 3.12. The van der Waals surface area contributed by atoms with Crippen LogP contribution >= 0.6 is 0 Å². The van der Waals surface area contributed by atoms with Gasteiger partial charge in [0, 0.05) is 16.8 Å². The molecular weight excluding hydrogens is 382 g/mol. The number of para-hydroxylation sites is 2. The highest BCUT2D eigenvalue weighted by Gasteiger charge is 2.22.